The molecule has 1 aromatic heterocycles. The number of aliphatic imine (C=N–C) groups is 1. The van der Waals surface area contributed by atoms with Gasteiger partial charge in [0.05, 0.1) is 5.84 Å². The Balaban J connectivity index is 2.90. The van der Waals surface area contributed by atoms with E-state index in [1.165, 1.54) is 0 Å². The monoisotopic (exact) mass is 241 g/mol. The average Bonchev–Trinajstić information content (AvgIpc) is 2.09. The minimum atomic E-state index is 0.853. The molecule has 0 saturated carbocycles. The molecule has 0 saturated heterocycles. The number of halogens is 1. The second-order valence-electron chi connectivity index (χ2n) is 2.75. The molecule has 1 aromatic rings. The zero-order valence-corrected chi connectivity index (χ0v) is 9.51. The number of aromatic nitrogens is 1. The summed E-state index contributed by atoms with van der Waals surface area (Å²) in [7, 11) is 1.75. The Morgan fingerprint density at radius 3 is 2.85 bits per heavy atom. The van der Waals surface area contributed by atoms with Crippen molar-refractivity contribution in [2.24, 2.45) is 4.99 Å². The normalized spacial score (nSPS) is 11.5. The van der Waals surface area contributed by atoms with Gasteiger partial charge in [-0.25, -0.2) is 4.98 Å². The van der Waals surface area contributed by atoms with Crippen molar-refractivity contribution >= 4 is 27.6 Å². The van der Waals surface area contributed by atoms with Gasteiger partial charge in [0.15, 0.2) is 0 Å². The molecule has 4 heteroatoms. The second kappa shape index (κ2) is 4.37. The maximum Gasteiger partial charge on any atom is 0.134 e. The molecule has 0 unspecified atom stereocenters. The fraction of sp³-hybridized carbons (Fsp3) is 0.333. The van der Waals surface area contributed by atoms with Crippen molar-refractivity contribution in [3.05, 3.63) is 22.3 Å². The summed E-state index contributed by atoms with van der Waals surface area (Å²) in [6, 6.07) is 2.01. The van der Waals surface area contributed by atoms with Gasteiger partial charge in [0.2, 0.25) is 0 Å². The van der Waals surface area contributed by atoms with E-state index >= 15 is 0 Å². The number of amidine groups is 1. The van der Waals surface area contributed by atoms with Crippen molar-refractivity contribution in [3.8, 4) is 0 Å². The lowest BCUT2D eigenvalue weighted by Crippen LogP contribution is -2.09. The summed E-state index contributed by atoms with van der Waals surface area (Å²) in [5.74, 6) is 1.71. The Morgan fingerprint density at radius 1 is 1.62 bits per heavy atom. The zero-order chi connectivity index (χ0) is 9.84. The summed E-state index contributed by atoms with van der Waals surface area (Å²) in [6.07, 6.45) is 1.76. The highest BCUT2D eigenvalue weighted by Crippen LogP contribution is 2.16. The summed E-state index contributed by atoms with van der Waals surface area (Å²) < 4.78 is 0.988. The molecule has 0 bridgehead atoms. The molecule has 0 radical (unpaired) electrons. The average molecular weight is 242 g/mol. The standard InChI is InChI=1S/C9H12BrN3/c1-6-4-8(10)5-12-9(6)13-7(2)11-3/h4-5H,1-3H3,(H,11,12,13). The molecule has 70 valence electrons. The third-order valence-electron chi connectivity index (χ3n) is 1.68. The SMILES string of the molecule is CN=C(C)Nc1ncc(Br)cc1C. The van der Waals surface area contributed by atoms with Crippen LogP contribution in [0.4, 0.5) is 5.82 Å². The largest absolute Gasteiger partial charge is 0.329 e. The lowest BCUT2D eigenvalue weighted by molar-refractivity contribution is 1.24. The van der Waals surface area contributed by atoms with Crippen LogP contribution in [0.25, 0.3) is 0 Å². The van der Waals surface area contributed by atoms with Crippen molar-refractivity contribution in [2.45, 2.75) is 13.8 Å². The van der Waals surface area contributed by atoms with Crippen molar-refractivity contribution < 1.29 is 0 Å². The number of aryl methyl sites for hydroxylation is 1. The fourth-order valence-electron chi connectivity index (χ4n) is 0.899. The Bertz CT molecular complexity index is 334. The fourth-order valence-corrected chi connectivity index (χ4v) is 1.34. The van der Waals surface area contributed by atoms with E-state index in [1.54, 1.807) is 13.2 Å². The predicted octanol–water partition coefficient (Wildman–Crippen LogP) is 2.61. The summed E-state index contributed by atoms with van der Waals surface area (Å²) in [6.45, 7) is 3.91. The van der Waals surface area contributed by atoms with Crippen molar-refractivity contribution in [1.82, 2.24) is 4.98 Å². The minimum absolute atomic E-state index is 0.853. The molecule has 0 fully saturated rings. The molecule has 13 heavy (non-hydrogen) atoms. The number of rotatable bonds is 1. The predicted molar refractivity (Wildman–Crippen MR) is 59.3 cm³/mol. The zero-order valence-electron chi connectivity index (χ0n) is 7.93. The van der Waals surface area contributed by atoms with Crippen LogP contribution in [0.2, 0.25) is 0 Å². The van der Waals surface area contributed by atoms with Gasteiger partial charge in [-0.1, -0.05) is 0 Å². The molecule has 0 aliphatic carbocycles. The molecule has 1 N–H and O–H groups in total. The Morgan fingerprint density at radius 2 is 2.31 bits per heavy atom. The first-order valence-electron chi connectivity index (χ1n) is 3.96. The van der Waals surface area contributed by atoms with Gasteiger partial charge in [0, 0.05) is 17.7 Å². The van der Waals surface area contributed by atoms with Gasteiger partial charge in [0.25, 0.3) is 0 Å². The number of hydrogen-bond donors (Lipinski definition) is 1. The first-order valence-corrected chi connectivity index (χ1v) is 4.75. The molecule has 3 nitrogen and oxygen atoms in total. The van der Waals surface area contributed by atoms with Crippen molar-refractivity contribution in [3.63, 3.8) is 0 Å². The molecular weight excluding hydrogens is 230 g/mol. The number of nitrogens with zero attached hydrogens (tertiary/aromatic N) is 2. The Labute approximate surface area is 86.4 Å². The van der Waals surface area contributed by atoms with E-state index in [9.17, 15) is 0 Å². The molecule has 0 spiro atoms. The highest BCUT2D eigenvalue weighted by atomic mass is 79.9. The first kappa shape index (κ1) is 10.2. The lowest BCUT2D eigenvalue weighted by Gasteiger charge is -2.06. The van der Waals surface area contributed by atoms with E-state index in [-0.39, 0.29) is 0 Å². The van der Waals surface area contributed by atoms with Crippen LogP contribution in [0, 0.1) is 6.92 Å². The molecule has 0 aliphatic heterocycles. The van der Waals surface area contributed by atoms with Crippen LogP contribution in [0.5, 0.6) is 0 Å². The summed E-state index contributed by atoms with van der Waals surface area (Å²) >= 11 is 3.36. The van der Waals surface area contributed by atoms with Crippen LogP contribution in [0.15, 0.2) is 21.7 Å². The van der Waals surface area contributed by atoms with Crippen LogP contribution in [-0.2, 0) is 0 Å². The van der Waals surface area contributed by atoms with Crippen molar-refractivity contribution in [2.75, 3.05) is 12.4 Å². The van der Waals surface area contributed by atoms with Gasteiger partial charge in [-0.15, -0.1) is 0 Å². The summed E-state index contributed by atoms with van der Waals surface area (Å²) in [5.41, 5.74) is 1.09. The molecule has 0 amide bonds. The van der Waals surface area contributed by atoms with E-state index in [0.29, 0.717) is 0 Å². The van der Waals surface area contributed by atoms with E-state index in [4.69, 9.17) is 0 Å². The smallest absolute Gasteiger partial charge is 0.134 e. The molecule has 1 heterocycles. The number of nitrogens with one attached hydrogen (secondary N) is 1. The summed E-state index contributed by atoms with van der Waals surface area (Å²) in [4.78, 5) is 8.23. The third kappa shape index (κ3) is 2.81. The topological polar surface area (TPSA) is 37.3 Å². The van der Waals surface area contributed by atoms with Crippen LogP contribution >= 0.6 is 15.9 Å². The maximum absolute atomic E-state index is 4.23. The van der Waals surface area contributed by atoms with E-state index in [2.05, 4.69) is 31.2 Å². The molecular formula is C9H12BrN3. The van der Waals surface area contributed by atoms with E-state index in [0.717, 1.165) is 21.7 Å². The van der Waals surface area contributed by atoms with Gasteiger partial charge < -0.3 is 5.32 Å². The van der Waals surface area contributed by atoms with Gasteiger partial charge in [-0.05, 0) is 41.4 Å². The molecule has 0 aliphatic rings. The number of pyridine rings is 1. The Kier molecular flexibility index (Phi) is 3.42. The number of hydrogen-bond acceptors (Lipinski definition) is 2. The molecule has 0 aromatic carbocycles. The highest BCUT2D eigenvalue weighted by molar-refractivity contribution is 9.10. The third-order valence-corrected chi connectivity index (χ3v) is 2.11. The van der Waals surface area contributed by atoms with E-state index in [1.807, 2.05) is 19.9 Å². The first-order chi connectivity index (χ1) is 6.13. The van der Waals surface area contributed by atoms with Crippen LogP contribution in [0.3, 0.4) is 0 Å². The van der Waals surface area contributed by atoms with E-state index < -0.39 is 0 Å². The van der Waals surface area contributed by atoms with Crippen LogP contribution in [-0.4, -0.2) is 17.9 Å². The van der Waals surface area contributed by atoms with Gasteiger partial charge in [0.1, 0.15) is 5.82 Å². The van der Waals surface area contributed by atoms with Crippen LogP contribution < -0.4 is 5.32 Å². The van der Waals surface area contributed by atoms with Gasteiger partial charge in [-0.2, -0.15) is 0 Å². The van der Waals surface area contributed by atoms with Gasteiger partial charge in [-0.3, -0.25) is 4.99 Å². The molecule has 0 atom stereocenters. The highest BCUT2D eigenvalue weighted by Gasteiger charge is 2.00. The molecule has 1 rings (SSSR count). The lowest BCUT2D eigenvalue weighted by atomic mass is 10.3. The second-order valence-corrected chi connectivity index (χ2v) is 3.67. The quantitative estimate of drug-likeness (QED) is 0.607. The Hall–Kier alpha value is -0.900. The maximum atomic E-state index is 4.23. The number of anilines is 1. The van der Waals surface area contributed by atoms with Crippen molar-refractivity contribution in [1.29, 1.82) is 0 Å². The summed E-state index contributed by atoms with van der Waals surface area (Å²) in [5, 5.41) is 3.11. The van der Waals surface area contributed by atoms with Gasteiger partial charge >= 0.3 is 0 Å². The van der Waals surface area contributed by atoms with Crippen LogP contribution in [0.1, 0.15) is 12.5 Å². The minimum Gasteiger partial charge on any atom is -0.329 e.